The molecule has 1 aliphatic rings. The molecule has 1 aliphatic heterocycles. The number of hydrogen-bond acceptors (Lipinski definition) is 6. The van der Waals surface area contributed by atoms with Crippen LogP contribution in [-0.4, -0.2) is 63.6 Å². The number of carbonyl (C=O) groups excluding carboxylic acids is 2. The SMILES string of the molecule is C=CC(=O)N1CC(NC(=O)c2cnc(CNc3nc([Si](C)(C)C)c(Cl)cc3O)n2C)C1. The number of likely N-dealkylation sites (tertiary alicyclic amines) is 1. The van der Waals surface area contributed by atoms with Crippen LogP contribution in [0.1, 0.15) is 16.3 Å². The molecule has 0 aromatic carbocycles. The Balaban J connectivity index is 1.64. The first-order valence-corrected chi connectivity index (χ1v) is 13.8. The molecule has 2 aromatic heterocycles. The minimum atomic E-state index is -1.79. The number of hydrogen-bond donors (Lipinski definition) is 3. The summed E-state index contributed by atoms with van der Waals surface area (Å²) in [6.07, 6.45) is 2.76. The first-order chi connectivity index (χ1) is 14.5. The third kappa shape index (κ3) is 4.91. The summed E-state index contributed by atoms with van der Waals surface area (Å²) in [5, 5.41) is 17.5. The van der Waals surface area contributed by atoms with Crippen LogP contribution in [0.5, 0.6) is 5.75 Å². The smallest absolute Gasteiger partial charge is 0.269 e. The van der Waals surface area contributed by atoms with Gasteiger partial charge in [0.15, 0.2) is 11.6 Å². The first-order valence-electron chi connectivity index (χ1n) is 9.88. The standard InChI is InChI=1S/C20H27ClN6O3Si/c1-6-17(29)27-10-12(11-27)24-19(30)14-8-22-16(26(14)2)9-23-18-15(28)7-13(21)20(25-18)31(3,4)5/h6-8,12,28H,1,9-11H2,2-5H3,(H,23,25)(H,24,30). The van der Waals surface area contributed by atoms with E-state index in [4.69, 9.17) is 11.6 Å². The maximum atomic E-state index is 12.6. The first kappa shape index (κ1) is 22.8. The van der Waals surface area contributed by atoms with Gasteiger partial charge < -0.3 is 25.2 Å². The predicted octanol–water partition coefficient (Wildman–Crippen LogP) is 1.46. The average molecular weight is 463 g/mol. The highest BCUT2D eigenvalue weighted by Gasteiger charge is 2.31. The van der Waals surface area contributed by atoms with Crippen LogP contribution in [-0.2, 0) is 18.4 Å². The van der Waals surface area contributed by atoms with Gasteiger partial charge in [-0.05, 0) is 6.08 Å². The molecule has 3 rings (SSSR count). The largest absolute Gasteiger partial charge is 0.504 e. The Kier molecular flexibility index (Phi) is 6.42. The molecule has 3 N–H and O–H groups in total. The van der Waals surface area contributed by atoms with E-state index < -0.39 is 8.07 Å². The number of rotatable bonds is 7. The highest BCUT2D eigenvalue weighted by Crippen LogP contribution is 2.25. The van der Waals surface area contributed by atoms with E-state index in [1.54, 1.807) is 16.5 Å². The molecule has 2 aromatic rings. The van der Waals surface area contributed by atoms with Gasteiger partial charge in [-0.15, -0.1) is 0 Å². The van der Waals surface area contributed by atoms with Crippen LogP contribution in [0.4, 0.5) is 5.82 Å². The van der Waals surface area contributed by atoms with Gasteiger partial charge in [0, 0.05) is 31.5 Å². The summed E-state index contributed by atoms with van der Waals surface area (Å²) in [7, 11) is -0.0427. The second kappa shape index (κ2) is 8.72. The topological polar surface area (TPSA) is 112 Å². The molecule has 166 valence electrons. The number of amides is 2. The number of halogens is 1. The van der Waals surface area contributed by atoms with E-state index in [-0.39, 0.29) is 30.2 Å². The number of nitrogens with zero attached hydrogens (tertiary/aromatic N) is 4. The predicted molar refractivity (Wildman–Crippen MR) is 122 cm³/mol. The molecule has 31 heavy (non-hydrogen) atoms. The Morgan fingerprint density at radius 1 is 1.39 bits per heavy atom. The van der Waals surface area contributed by atoms with Crippen molar-refractivity contribution in [3.05, 3.63) is 41.5 Å². The van der Waals surface area contributed by atoms with Crippen molar-refractivity contribution in [2.75, 3.05) is 18.4 Å². The van der Waals surface area contributed by atoms with Crippen molar-refractivity contribution in [1.82, 2.24) is 24.8 Å². The van der Waals surface area contributed by atoms with Gasteiger partial charge in [-0.1, -0.05) is 37.8 Å². The van der Waals surface area contributed by atoms with E-state index >= 15 is 0 Å². The highest BCUT2D eigenvalue weighted by atomic mass is 35.5. The van der Waals surface area contributed by atoms with E-state index in [1.165, 1.54) is 18.3 Å². The fourth-order valence-corrected chi connectivity index (χ4v) is 5.49. The molecule has 3 heterocycles. The molecule has 0 radical (unpaired) electrons. The van der Waals surface area contributed by atoms with Crippen molar-refractivity contribution in [3.8, 4) is 5.75 Å². The molecule has 0 bridgehead atoms. The molecule has 11 heteroatoms. The van der Waals surface area contributed by atoms with Crippen molar-refractivity contribution in [3.63, 3.8) is 0 Å². The maximum absolute atomic E-state index is 12.6. The lowest BCUT2D eigenvalue weighted by Gasteiger charge is -2.38. The van der Waals surface area contributed by atoms with Crippen molar-refractivity contribution in [1.29, 1.82) is 0 Å². The molecule has 0 unspecified atom stereocenters. The lowest BCUT2D eigenvalue weighted by Crippen LogP contribution is -2.60. The second-order valence-electron chi connectivity index (χ2n) is 8.53. The second-order valence-corrected chi connectivity index (χ2v) is 13.9. The number of nitrogens with one attached hydrogen (secondary N) is 2. The number of carbonyl (C=O) groups is 2. The molecular weight excluding hydrogens is 436 g/mol. The molecule has 0 atom stereocenters. The molecule has 0 aliphatic carbocycles. The average Bonchev–Trinajstić information content (AvgIpc) is 3.02. The molecule has 0 spiro atoms. The van der Waals surface area contributed by atoms with E-state index in [2.05, 4.69) is 46.8 Å². The lowest BCUT2D eigenvalue weighted by atomic mass is 10.1. The summed E-state index contributed by atoms with van der Waals surface area (Å²) in [6.45, 7) is 11.0. The quantitative estimate of drug-likeness (QED) is 0.424. The molecule has 1 saturated heterocycles. The molecule has 1 fully saturated rings. The van der Waals surface area contributed by atoms with Crippen LogP contribution < -0.4 is 16.0 Å². The zero-order valence-electron chi connectivity index (χ0n) is 18.1. The van der Waals surface area contributed by atoms with Crippen LogP contribution in [0.15, 0.2) is 24.9 Å². The monoisotopic (exact) mass is 462 g/mol. The number of pyridine rings is 1. The van der Waals surface area contributed by atoms with Crippen molar-refractivity contribution >= 4 is 42.6 Å². The summed E-state index contributed by atoms with van der Waals surface area (Å²) in [4.78, 5) is 34.5. The number of aromatic nitrogens is 3. The van der Waals surface area contributed by atoms with E-state index in [0.717, 1.165) is 5.32 Å². The van der Waals surface area contributed by atoms with Gasteiger partial charge in [-0.2, -0.15) is 0 Å². The minimum absolute atomic E-state index is 0.0391. The van der Waals surface area contributed by atoms with E-state index in [1.807, 2.05) is 0 Å². The van der Waals surface area contributed by atoms with Gasteiger partial charge in [-0.3, -0.25) is 9.59 Å². The van der Waals surface area contributed by atoms with Crippen molar-refractivity contribution in [2.24, 2.45) is 7.05 Å². The van der Waals surface area contributed by atoms with Gasteiger partial charge in [0.1, 0.15) is 19.6 Å². The van der Waals surface area contributed by atoms with Crippen molar-refractivity contribution in [2.45, 2.75) is 32.2 Å². The molecule has 2 amide bonds. The van der Waals surface area contributed by atoms with Gasteiger partial charge in [-0.25, -0.2) is 9.97 Å². The number of anilines is 1. The molecule has 9 nitrogen and oxygen atoms in total. The van der Waals surface area contributed by atoms with Gasteiger partial charge in [0.2, 0.25) is 5.91 Å². The zero-order chi connectivity index (χ0) is 22.9. The van der Waals surface area contributed by atoms with Crippen LogP contribution in [0, 0.1) is 0 Å². The van der Waals surface area contributed by atoms with E-state index in [0.29, 0.717) is 35.4 Å². The Bertz CT molecular complexity index is 1030. The van der Waals surface area contributed by atoms with Gasteiger partial charge in [0.05, 0.1) is 23.8 Å². The summed E-state index contributed by atoms with van der Waals surface area (Å²) >= 11 is 6.26. The highest BCUT2D eigenvalue weighted by molar-refractivity contribution is 6.89. The van der Waals surface area contributed by atoms with Gasteiger partial charge in [0.25, 0.3) is 5.91 Å². The molecule has 0 saturated carbocycles. The summed E-state index contributed by atoms with van der Waals surface area (Å²) in [5.41, 5.74) is 0.404. The third-order valence-corrected chi connectivity index (χ3v) is 7.35. The normalized spacial score (nSPS) is 14.2. The van der Waals surface area contributed by atoms with Crippen LogP contribution in [0.3, 0.4) is 0 Å². The third-order valence-electron chi connectivity index (χ3n) is 5.10. The Hall–Kier alpha value is -2.85. The summed E-state index contributed by atoms with van der Waals surface area (Å²) < 4.78 is 1.68. The fraction of sp³-hybridized carbons (Fsp3) is 0.400. The van der Waals surface area contributed by atoms with Crippen LogP contribution >= 0.6 is 11.6 Å². The van der Waals surface area contributed by atoms with Gasteiger partial charge >= 0.3 is 0 Å². The maximum Gasteiger partial charge on any atom is 0.269 e. The Labute approximate surface area is 187 Å². The lowest BCUT2D eigenvalue weighted by molar-refractivity contribution is -0.130. The zero-order valence-corrected chi connectivity index (χ0v) is 19.8. The fourth-order valence-electron chi connectivity index (χ4n) is 3.26. The summed E-state index contributed by atoms with van der Waals surface area (Å²) in [5.74, 6) is 0.495. The number of aromatic hydroxyl groups is 1. The summed E-state index contributed by atoms with van der Waals surface area (Å²) in [6, 6.07) is 1.41. The Morgan fingerprint density at radius 3 is 2.68 bits per heavy atom. The van der Waals surface area contributed by atoms with Crippen molar-refractivity contribution < 1.29 is 14.7 Å². The number of imidazole rings is 1. The van der Waals surface area contributed by atoms with E-state index in [9.17, 15) is 14.7 Å². The van der Waals surface area contributed by atoms with Crippen LogP contribution in [0.25, 0.3) is 0 Å². The Morgan fingerprint density at radius 2 is 2.06 bits per heavy atom. The molecular formula is C20H27ClN6O3Si. The van der Waals surface area contributed by atoms with Crippen LogP contribution in [0.2, 0.25) is 24.7 Å². The minimum Gasteiger partial charge on any atom is -0.504 e.